The van der Waals surface area contributed by atoms with Gasteiger partial charge in [-0.05, 0) is 24.4 Å². The largest absolute Gasteiger partial charge is 0.288 e. The summed E-state index contributed by atoms with van der Waals surface area (Å²) in [7, 11) is 0. The van der Waals surface area contributed by atoms with Gasteiger partial charge in [0.2, 0.25) is 5.95 Å². The van der Waals surface area contributed by atoms with E-state index in [4.69, 9.17) is 0 Å². The predicted molar refractivity (Wildman–Crippen MR) is 68.8 cm³/mol. The number of aromatic amines is 1. The summed E-state index contributed by atoms with van der Waals surface area (Å²) in [5, 5.41) is 11.2. The number of aromatic nitrogens is 3. The fourth-order valence-corrected chi connectivity index (χ4v) is 3.44. The van der Waals surface area contributed by atoms with Crippen molar-refractivity contribution in [3.05, 3.63) is 28.2 Å². The number of hydrogen-bond acceptors (Lipinski definition) is 5. The monoisotopic (exact) mass is 264 g/mol. The zero-order chi connectivity index (χ0) is 11.8. The normalized spacial score (nSPS) is 10.9. The van der Waals surface area contributed by atoms with Crippen molar-refractivity contribution in [3.8, 4) is 0 Å². The Bertz CT molecular complexity index is 653. The number of carbonyl (C=O) groups is 1. The molecule has 0 saturated heterocycles. The fraction of sp³-hybridized carbons (Fsp3) is 0.100. The molecule has 0 fully saturated rings. The predicted octanol–water partition coefficient (Wildman–Crippen LogP) is 2.64. The van der Waals surface area contributed by atoms with E-state index in [9.17, 15) is 4.79 Å². The first-order valence-corrected chi connectivity index (χ1v) is 6.59. The molecule has 0 atom stereocenters. The summed E-state index contributed by atoms with van der Waals surface area (Å²) in [6.07, 6.45) is 0. The highest BCUT2D eigenvalue weighted by atomic mass is 32.1. The molecule has 5 nitrogen and oxygen atoms in total. The summed E-state index contributed by atoms with van der Waals surface area (Å²) in [6.45, 7) is 1.78. The quantitative estimate of drug-likeness (QED) is 0.747. The van der Waals surface area contributed by atoms with Crippen LogP contribution in [0.2, 0.25) is 0 Å². The number of H-pyrrole nitrogens is 1. The number of fused-ring (bicyclic) bond motifs is 1. The van der Waals surface area contributed by atoms with Gasteiger partial charge in [0, 0.05) is 9.40 Å². The van der Waals surface area contributed by atoms with Gasteiger partial charge in [0.15, 0.2) is 0 Å². The summed E-state index contributed by atoms with van der Waals surface area (Å²) in [5.41, 5.74) is 0. The minimum Gasteiger partial charge on any atom is -0.288 e. The van der Waals surface area contributed by atoms with Crippen molar-refractivity contribution < 1.29 is 4.79 Å². The highest BCUT2D eigenvalue weighted by Gasteiger charge is 2.12. The lowest BCUT2D eigenvalue weighted by Gasteiger charge is -1.95. The molecule has 86 valence electrons. The number of nitrogens with one attached hydrogen (secondary N) is 2. The Kier molecular flexibility index (Phi) is 2.41. The molecule has 3 rings (SSSR count). The molecule has 2 N–H and O–H groups in total. The molecule has 3 aromatic rings. The van der Waals surface area contributed by atoms with Crippen molar-refractivity contribution >= 4 is 43.9 Å². The van der Waals surface area contributed by atoms with Crippen LogP contribution >= 0.6 is 22.7 Å². The SMILES string of the molecule is Cc1nc(NC(=O)c2cc3sccc3s2)n[nH]1. The minimum absolute atomic E-state index is 0.169. The molecule has 0 saturated carbocycles. The molecule has 0 aliphatic carbocycles. The van der Waals surface area contributed by atoms with Crippen LogP contribution in [-0.2, 0) is 0 Å². The number of aryl methyl sites for hydroxylation is 1. The van der Waals surface area contributed by atoms with E-state index in [2.05, 4.69) is 20.5 Å². The maximum absolute atomic E-state index is 11.9. The van der Waals surface area contributed by atoms with Crippen LogP contribution in [0.15, 0.2) is 17.5 Å². The molecular formula is C10H8N4OS2. The number of hydrogen-bond donors (Lipinski definition) is 2. The summed E-state index contributed by atoms with van der Waals surface area (Å²) in [6, 6.07) is 3.90. The first-order valence-electron chi connectivity index (χ1n) is 4.90. The van der Waals surface area contributed by atoms with Crippen LogP contribution in [0.25, 0.3) is 9.40 Å². The van der Waals surface area contributed by atoms with Crippen molar-refractivity contribution in [2.75, 3.05) is 5.32 Å². The van der Waals surface area contributed by atoms with Crippen LogP contribution in [0, 0.1) is 6.92 Å². The van der Waals surface area contributed by atoms with Crippen LogP contribution in [0.4, 0.5) is 5.95 Å². The number of carbonyl (C=O) groups excluding carboxylic acids is 1. The van der Waals surface area contributed by atoms with Crippen LogP contribution in [0.1, 0.15) is 15.5 Å². The molecule has 0 unspecified atom stereocenters. The smallest absolute Gasteiger partial charge is 0.268 e. The molecule has 17 heavy (non-hydrogen) atoms. The van der Waals surface area contributed by atoms with Gasteiger partial charge in [-0.15, -0.1) is 27.8 Å². The number of anilines is 1. The van der Waals surface area contributed by atoms with Crippen LogP contribution in [0.3, 0.4) is 0 Å². The standard InChI is InChI=1S/C10H8N4OS2/c1-5-11-10(14-13-5)12-9(15)8-4-7-6(17-8)2-3-16-7/h2-4H,1H3,(H2,11,12,13,14,15). The first kappa shape index (κ1) is 10.4. The second-order valence-corrected chi connectivity index (χ2v) is 5.49. The molecule has 3 aromatic heterocycles. The van der Waals surface area contributed by atoms with E-state index in [1.807, 2.05) is 17.5 Å². The molecule has 0 aliphatic rings. The van der Waals surface area contributed by atoms with E-state index in [0.717, 1.165) is 9.40 Å². The molecule has 0 aliphatic heterocycles. The van der Waals surface area contributed by atoms with Gasteiger partial charge in [-0.1, -0.05) is 0 Å². The molecule has 7 heteroatoms. The highest BCUT2D eigenvalue weighted by molar-refractivity contribution is 7.27. The third kappa shape index (κ3) is 1.94. The number of rotatable bonds is 2. The summed E-state index contributed by atoms with van der Waals surface area (Å²) in [4.78, 5) is 16.6. The topological polar surface area (TPSA) is 70.7 Å². The molecular weight excluding hydrogens is 256 g/mol. The van der Waals surface area contributed by atoms with E-state index in [-0.39, 0.29) is 5.91 Å². The summed E-state index contributed by atoms with van der Waals surface area (Å²) in [5.74, 6) is 0.814. The van der Waals surface area contributed by atoms with Gasteiger partial charge in [-0.25, -0.2) is 0 Å². The van der Waals surface area contributed by atoms with Gasteiger partial charge in [-0.2, -0.15) is 4.98 Å². The van der Waals surface area contributed by atoms with Crippen molar-refractivity contribution in [2.45, 2.75) is 6.92 Å². The van der Waals surface area contributed by atoms with Crippen LogP contribution in [-0.4, -0.2) is 21.1 Å². The lowest BCUT2D eigenvalue weighted by Crippen LogP contribution is -2.11. The van der Waals surface area contributed by atoms with E-state index < -0.39 is 0 Å². The number of nitrogens with zero attached hydrogens (tertiary/aromatic N) is 2. The van der Waals surface area contributed by atoms with Gasteiger partial charge >= 0.3 is 0 Å². The maximum Gasteiger partial charge on any atom is 0.268 e. The number of amides is 1. The van der Waals surface area contributed by atoms with Gasteiger partial charge in [-0.3, -0.25) is 15.2 Å². The fourth-order valence-electron chi connectivity index (χ4n) is 1.44. The van der Waals surface area contributed by atoms with Crippen LogP contribution in [0.5, 0.6) is 0 Å². The lowest BCUT2D eigenvalue weighted by atomic mass is 10.4. The van der Waals surface area contributed by atoms with E-state index in [0.29, 0.717) is 16.6 Å². The summed E-state index contributed by atoms with van der Waals surface area (Å²) >= 11 is 3.10. The van der Waals surface area contributed by atoms with Gasteiger partial charge in [0.1, 0.15) is 5.82 Å². The zero-order valence-corrected chi connectivity index (χ0v) is 10.5. The van der Waals surface area contributed by atoms with Crippen LogP contribution < -0.4 is 5.32 Å². The van der Waals surface area contributed by atoms with E-state index >= 15 is 0 Å². The molecule has 1 amide bonds. The van der Waals surface area contributed by atoms with E-state index in [1.54, 1.807) is 18.3 Å². The number of thiophene rings is 2. The second-order valence-electron chi connectivity index (χ2n) is 3.46. The van der Waals surface area contributed by atoms with Gasteiger partial charge in [0.25, 0.3) is 5.91 Å². The molecule has 0 radical (unpaired) electrons. The van der Waals surface area contributed by atoms with Crippen molar-refractivity contribution in [3.63, 3.8) is 0 Å². The van der Waals surface area contributed by atoms with Gasteiger partial charge in [0.05, 0.1) is 4.88 Å². The molecule has 0 bridgehead atoms. The second kappa shape index (κ2) is 3.94. The highest BCUT2D eigenvalue weighted by Crippen LogP contribution is 2.30. The third-order valence-corrected chi connectivity index (χ3v) is 4.28. The Morgan fingerprint density at radius 3 is 3.06 bits per heavy atom. The average molecular weight is 264 g/mol. The first-order chi connectivity index (χ1) is 8.22. The van der Waals surface area contributed by atoms with E-state index in [1.165, 1.54) is 11.3 Å². The van der Waals surface area contributed by atoms with Gasteiger partial charge < -0.3 is 0 Å². The summed E-state index contributed by atoms with van der Waals surface area (Å²) < 4.78 is 2.26. The van der Waals surface area contributed by atoms with Crippen molar-refractivity contribution in [1.29, 1.82) is 0 Å². The molecule has 3 heterocycles. The average Bonchev–Trinajstić information content (AvgIpc) is 2.92. The van der Waals surface area contributed by atoms with Crippen molar-refractivity contribution in [1.82, 2.24) is 15.2 Å². The van der Waals surface area contributed by atoms with Crippen molar-refractivity contribution in [2.24, 2.45) is 0 Å². The zero-order valence-electron chi connectivity index (χ0n) is 8.85. The lowest BCUT2D eigenvalue weighted by molar-refractivity contribution is 0.103. The maximum atomic E-state index is 11.9. The Morgan fingerprint density at radius 2 is 2.35 bits per heavy atom. The molecule has 0 spiro atoms. The molecule has 0 aromatic carbocycles. The Morgan fingerprint density at radius 1 is 1.47 bits per heavy atom. The minimum atomic E-state index is -0.169. The Balaban J connectivity index is 1.84. The Hall–Kier alpha value is -1.73. The Labute approximate surface area is 105 Å². The third-order valence-electron chi connectivity index (χ3n) is 2.19.